The third-order valence-electron chi connectivity index (χ3n) is 7.78. The molecule has 0 saturated carbocycles. The van der Waals surface area contributed by atoms with Gasteiger partial charge >= 0.3 is 0 Å². The summed E-state index contributed by atoms with van der Waals surface area (Å²) in [5.41, 5.74) is 10.3. The fourth-order valence-corrected chi connectivity index (χ4v) is 6.08. The predicted molar refractivity (Wildman–Crippen MR) is 166 cm³/mol. The smallest absolute Gasteiger partial charge is 0.145 e. The van der Waals surface area contributed by atoms with Gasteiger partial charge in [-0.25, -0.2) is 4.98 Å². The highest BCUT2D eigenvalue weighted by atomic mass is 15.1. The highest BCUT2D eigenvalue weighted by Crippen LogP contribution is 2.42. The first kappa shape index (κ1) is 22.6. The molecule has 0 N–H and O–H groups in total. The van der Waals surface area contributed by atoms with Crippen molar-refractivity contribution in [2.45, 2.75) is 0 Å². The average Bonchev–Trinajstić information content (AvgIpc) is 3.56. The summed E-state index contributed by atoms with van der Waals surface area (Å²) in [4.78, 5) is 4.90. The van der Waals surface area contributed by atoms with E-state index in [1.54, 1.807) is 0 Å². The van der Waals surface area contributed by atoms with Gasteiger partial charge in [-0.1, -0.05) is 97.1 Å². The minimum atomic E-state index is 0.949. The number of fused-ring (bicyclic) bond motifs is 4. The van der Waals surface area contributed by atoms with E-state index in [-0.39, 0.29) is 0 Å². The van der Waals surface area contributed by atoms with Gasteiger partial charge in [-0.15, -0.1) is 0 Å². The molecule has 3 heteroatoms. The maximum atomic E-state index is 4.90. The molecule has 0 aliphatic heterocycles. The maximum absolute atomic E-state index is 4.90. The summed E-state index contributed by atoms with van der Waals surface area (Å²) in [5.74, 6) is 0. The van der Waals surface area contributed by atoms with Gasteiger partial charge in [-0.05, 0) is 59.7 Å². The van der Waals surface area contributed by atoms with Gasteiger partial charge < -0.3 is 4.57 Å². The molecule has 0 atom stereocenters. The van der Waals surface area contributed by atoms with E-state index in [1.807, 2.05) is 12.3 Å². The van der Waals surface area contributed by atoms with Crippen molar-refractivity contribution in [3.05, 3.63) is 152 Å². The highest BCUT2D eigenvalue weighted by molar-refractivity contribution is 6.09. The number of pyridine rings is 1. The van der Waals surface area contributed by atoms with Crippen LogP contribution in [0.5, 0.6) is 0 Å². The molecular weight excluding hydrogens is 486 g/mol. The van der Waals surface area contributed by atoms with Gasteiger partial charge in [0.05, 0.1) is 16.7 Å². The van der Waals surface area contributed by atoms with Crippen LogP contribution in [0.4, 0.5) is 0 Å². The minimum absolute atomic E-state index is 0.949. The second-order valence-electron chi connectivity index (χ2n) is 10.1. The van der Waals surface area contributed by atoms with Crippen LogP contribution in [0.25, 0.3) is 66.6 Å². The lowest BCUT2D eigenvalue weighted by Crippen LogP contribution is -2.00. The first-order valence-corrected chi connectivity index (χ1v) is 13.6. The lowest BCUT2D eigenvalue weighted by atomic mass is 9.99. The Bertz CT molecular complexity index is 2080. The highest BCUT2D eigenvalue weighted by Gasteiger charge is 2.22. The summed E-state index contributed by atoms with van der Waals surface area (Å²) in [5, 5.41) is 3.67. The van der Waals surface area contributed by atoms with Crippen molar-refractivity contribution < 1.29 is 0 Å². The van der Waals surface area contributed by atoms with Gasteiger partial charge in [0.25, 0.3) is 0 Å². The summed E-state index contributed by atoms with van der Waals surface area (Å²) in [7, 11) is 0. The third-order valence-corrected chi connectivity index (χ3v) is 7.78. The SMILES string of the molecule is c1ccc(-c2c(-c3ccccc3)n(-c3ccc(-n4c5ccccc5c5ccccc54)cc3)c3ncccc23)cc1. The van der Waals surface area contributed by atoms with E-state index in [1.165, 1.54) is 32.9 Å². The summed E-state index contributed by atoms with van der Waals surface area (Å²) < 4.78 is 4.66. The largest absolute Gasteiger partial charge is 0.309 e. The van der Waals surface area contributed by atoms with Crippen LogP contribution in [0.2, 0.25) is 0 Å². The zero-order valence-corrected chi connectivity index (χ0v) is 21.8. The molecule has 0 radical (unpaired) electrons. The molecular formula is C37H25N3. The van der Waals surface area contributed by atoms with Gasteiger partial charge in [0.1, 0.15) is 5.65 Å². The average molecular weight is 512 g/mol. The molecule has 3 aromatic heterocycles. The first-order valence-electron chi connectivity index (χ1n) is 13.6. The summed E-state index contributed by atoms with van der Waals surface area (Å²) in [6.07, 6.45) is 1.88. The van der Waals surface area contributed by atoms with E-state index in [2.05, 4.69) is 149 Å². The van der Waals surface area contributed by atoms with Crippen LogP contribution in [-0.2, 0) is 0 Å². The number of hydrogen-bond donors (Lipinski definition) is 0. The molecule has 8 rings (SSSR count). The Morgan fingerprint density at radius 1 is 0.400 bits per heavy atom. The van der Waals surface area contributed by atoms with Crippen LogP contribution >= 0.6 is 0 Å². The van der Waals surface area contributed by atoms with Crippen LogP contribution < -0.4 is 0 Å². The minimum Gasteiger partial charge on any atom is -0.309 e. The van der Waals surface area contributed by atoms with E-state index in [0.717, 1.165) is 33.7 Å². The molecule has 0 amide bonds. The van der Waals surface area contributed by atoms with Crippen molar-refractivity contribution in [2.75, 3.05) is 0 Å². The molecule has 0 bridgehead atoms. The van der Waals surface area contributed by atoms with Crippen LogP contribution in [0, 0.1) is 0 Å². The second-order valence-corrected chi connectivity index (χ2v) is 10.1. The summed E-state index contributed by atoms with van der Waals surface area (Å²) in [6, 6.07) is 51.6. The number of aromatic nitrogens is 3. The van der Waals surface area contributed by atoms with Crippen molar-refractivity contribution in [1.82, 2.24) is 14.1 Å². The van der Waals surface area contributed by atoms with Gasteiger partial charge in [-0.3, -0.25) is 4.57 Å². The van der Waals surface area contributed by atoms with Crippen molar-refractivity contribution in [3.8, 4) is 33.8 Å². The summed E-state index contributed by atoms with van der Waals surface area (Å²) in [6.45, 7) is 0. The van der Waals surface area contributed by atoms with Crippen molar-refractivity contribution in [3.63, 3.8) is 0 Å². The van der Waals surface area contributed by atoms with E-state index in [0.29, 0.717) is 0 Å². The Balaban J connectivity index is 1.38. The Kier molecular flexibility index (Phi) is 5.14. The third kappa shape index (κ3) is 3.41. The molecule has 3 heterocycles. The Hall–Kier alpha value is -5.41. The van der Waals surface area contributed by atoms with Gasteiger partial charge in [0.15, 0.2) is 0 Å². The number of nitrogens with zero attached hydrogens (tertiary/aromatic N) is 3. The zero-order chi connectivity index (χ0) is 26.5. The molecule has 0 fully saturated rings. The van der Waals surface area contributed by atoms with E-state index in [9.17, 15) is 0 Å². The number of para-hydroxylation sites is 2. The lowest BCUT2D eigenvalue weighted by Gasteiger charge is -2.14. The number of benzene rings is 5. The van der Waals surface area contributed by atoms with Crippen LogP contribution in [-0.4, -0.2) is 14.1 Å². The van der Waals surface area contributed by atoms with E-state index < -0.39 is 0 Å². The molecule has 0 saturated heterocycles. The van der Waals surface area contributed by atoms with Crippen LogP contribution in [0.3, 0.4) is 0 Å². The normalized spacial score (nSPS) is 11.5. The Labute approximate surface area is 232 Å². The molecule has 40 heavy (non-hydrogen) atoms. The number of hydrogen-bond acceptors (Lipinski definition) is 1. The topological polar surface area (TPSA) is 22.8 Å². The van der Waals surface area contributed by atoms with Gasteiger partial charge in [0, 0.05) is 39.3 Å². The molecule has 0 aliphatic rings. The fourth-order valence-electron chi connectivity index (χ4n) is 6.08. The van der Waals surface area contributed by atoms with Crippen molar-refractivity contribution in [1.29, 1.82) is 0 Å². The van der Waals surface area contributed by atoms with Crippen molar-refractivity contribution >= 4 is 32.8 Å². The monoisotopic (exact) mass is 511 g/mol. The van der Waals surface area contributed by atoms with Gasteiger partial charge in [-0.2, -0.15) is 0 Å². The zero-order valence-electron chi connectivity index (χ0n) is 21.8. The van der Waals surface area contributed by atoms with Crippen LogP contribution in [0.15, 0.2) is 152 Å². The lowest BCUT2D eigenvalue weighted by molar-refractivity contribution is 1.09. The van der Waals surface area contributed by atoms with Gasteiger partial charge in [0.2, 0.25) is 0 Å². The molecule has 5 aromatic carbocycles. The molecule has 0 unspecified atom stereocenters. The number of rotatable bonds is 4. The molecule has 0 spiro atoms. The molecule has 0 aliphatic carbocycles. The Morgan fingerprint density at radius 3 is 1.52 bits per heavy atom. The first-order chi connectivity index (χ1) is 19.9. The van der Waals surface area contributed by atoms with Crippen LogP contribution in [0.1, 0.15) is 0 Å². The van der Waals surface area contributed by atoms with E-state index >= 15 is 0 Å². The molecule has 8 aromatic rings. The molecule has 3 nitrogen and oxygen atoms in total. The second kappa shape index (κ2) is 9.11. The standard InChI is InChI=1S/C37H25N3/c1-3-12-26(13-4-1)35-32-18-11-25-38-37(32)40(36(35)27-14-5-2-6-15-27)29-23-21-28(22-24-29)39-33-19-9-7-16-30(33)31-17-8-10-20-34(31)39/h1-25H. The fraction of sp³-hybridized carbons (Fsp3) is 0. The Morgan fingerprint density at radius 2 is 0.900 bits per heavy atom. The van der Waals surface area contributed by atoms with Crippen molar-refractivity contribution in [2.24, 2.45) is 0 Å². The summed E-state index contributed by atoms with van der Waals surface area (Å²) >= 11 is 0. The maximum Gasteiger partial charge on any atom is 0.145 e. The predicted octanol–water partition coefficient (Wildman–Crippen LogP) is 9.46. The molecule has 188 valence electrons. The quantitative estimate of drug-likeness (QED) is 0.231. The van der Waals surface area contributed by atoms with E-state index in [4.69, 9.17) is 4.98 Å².